The lowest BCUT2D eigenvalue weighted by Crippen LogP contribution is -2.06. The standard InChI is InChI=1S/C11H11FN4O2/c1-15-5-4-13-11(15)7-14-10-3-2-8(16(17)18)6-9(10)12/h2-6,14H,7H2,1H3. The van der Waals surface area contributed by atoms with E-state index in [2.05, 4.69) is 10.3 Å². The summed E-state index contributed by atoms with van der Waals surface area (Å²) >= 11 is 0. The van der Waals surface area contributed by atoms with Crippen molar-refractivity contribution in [2.75, 3.05) is 5.32 Å². The summed E-state index contributed by atoms with van der Waals surface area (Å²) in [4.78, 5) is 13.9. The van der Waals surface area contributed by atoms with Crippen LogP contribution in [0.1, 0.15) is 5.82 Å². The third-order valence-electron chi connectivity index (χ3n) is 2.52. The van der Waals surface area contributed by atoms with Gasteiger partial charge in [-0.3, -0.25) is 10.1 Å². The van der Waals surface area contributed by atoms with Crippen LogP contribution in [0.25, 0.3) is 0 Å². The van der Waals surface area contributed by atoms with Crippen LogP contribution in [0.2, 0.25) is 0 Å². The first-order valence-electron chi connectivity index (χ1n) is 5.22. The molecule has 1 aromatic carbocycles. The molecule has 0 aliphatic heterocycles. The highest BCUT2D eigenvalue weighted by Gasteiger charge is 2.10. The van der Waals surface area contributed by atoms with Gasteiger partial charge >= 0.3 is 0 Å². The Hall–Kier alpha value is -2.44. The molecule has 1 aromatic heterocycles. The lowest BCUT2D eigenvalue weighted by atomic mass is 10.2. The van der Waals surface area contributed by atoms with Gasteiger partial charge in [0.05, 0.1) is 23.2 Å². The van der Waals surface area contributed by atoms with Gasteiger partial charge in [0.15, 0.2) is 5.82 Å². The number of benzene rings is 1. The highest BCUT2D eigenvalue weighted by molar-refractivity contribution is 5.50. The van der Waals surface area contributed by atoms with E-state index in [0.29, 0.717) is 6.54 Å². The molecule has 0 fully saturated rings. The molecule has 2 aromatic rings. The maximum atomic E-state index is 13.5. The first-order chi connectivity index (χ1) is 8.58. The fraction of sp³-hybridized carbons (Fsp3) is 0.182. The normalized spacial score (nSPS) is 10.3. The molecule has 2 rings (SSSR count). The number of nitro benzene ring substituents is 1. The molecule has 0 atom stereocenters. The third-order valence-corrected chi connectivity index (χ3v) is 2.52. The molecule has 0 aliphatic rings. The van der Waals surface area contributed by atoms with Gasteiger partial charge in [-0.25, -0.2) is 9.37 Å². The Morgan fingerprint density at radius 1 is 1.56 bits per heavy atom. The molecule has 0 radical (unpaired) electrons. The smallest absolute Gasteiger partial charge is 0.272 e. The molecule has 0 saturated carbocycles. The molecular formula is C11H11FN4O2. The highest BCUT2D eigenvalue weighted by Crippen LogP contribution is 2.20. The van der Waals surface area contributed by atoms with Crippen molar-refractivity contribution in [1.29, 1.82) is 0 Å². The number of halogens is 1. The topological polar surface area (TPSA) is 73.0 Å². The van der Waals surface area contributed by atoms with E-state index < -0.39 is 10.7 Å². The highest BCUT2D eigenvalue weighted by atomic mass is 19.1. The molecule has 0 aliphatic carbocycles. The zero-order chi connectivity index (χ0) is 13.1. The SMILES string of the molecule is Cn1ccnc1CNc1ccc([N+](=O)[O-])cc1F. The van der Waals surface area contributed by atoms with E-state index >= 15 is 0 Å². The van der Waals surface area contributed by atoms with Crippen molar-refractivity contribution in [3.05, 3.63) is 52.3 Å². The lowest BCUT2D eigenvalue weighted by molar-refractivity contribution is -0.385. The number of hydrogen-bond acceptors (Lipinski definition) is 4. The van der Waals surface area contributed by atoms with Gasteiger partial charge < -0.3 is 9.88 Å². The van der Waals surface area contributed by atoms with Gasteiger partial charge in [-0.2, -0.15) is 0 Å². The molecule has 0 spiro atoms. The Bertz CT molecular complexity index is 582. The number of rotatable bonds is 4. The van der Waals surface area contributed by atoms with Crippen LogP contribution in [-0.4, -0.2) is 14.5 Å². The minimum Gasteiger partial charge on any atom is -0.375 e. The number of anilines is 1. The van der Waals surface area contributed by atoms with E-state index in [9.17, 15) is 14.5 Å². The van der Waals surface area contributed by atoms with E-state index in [1.54, 1.807) is 17.0 Å². The Morgan fingerprint density at radius 3 is 2.89 bits per heavy atom. The molecule has 7 heteroatoms. The van der Waals surface area contributed by atoms with Crippen LogP contribution in [-0.2, 0) is 13.6 Å². The van der Waals surface area contributed by atoms with Gasteiger partial charge in [-0.1, -0.05) is 0 Å². The molecule has 18 heavy (non-hydrogen) atoms. The molecule has 0 unspecified atom stereocenters. The largest absolute Gasteiger partial charge is 0.375 e. The maximum Gasteiger partial charge on any atom is 0.272 e. The predicted octanol–water partition coefficient (Wildman–Crippen LogP) is 2.08. The number of non-ortho nitro benzene ring substituents is 1. The second-order valence-corrected chi connectivity index (χ2v) is 3.73. The summed E-state index contributed by atoms with van der Waals surface area (Å²) in [6.45, 7) is 0.345. The van der Waals surface area contributed by atoms with Gasteiger partial charge in [-0.15, -0.1) is 0 Å². The first-order valence-corrected chi connectivity index (χ1v) is 5.22. The zero-order valence-electron chi connectivity index (χ0n) is 9.63. The molecule has 0 amide bonds. The lowest BCUT2D eigenvalue weighted by Gasteiger charge is -2.07. The van der Waals surface area contributed by atoms with Crippen molar-refractivity contribution in [1.82, 2.24) is 9.55 Å². The van der Waals surface area contributed by atoms with E-state index in [4.69, 9.17) is 0 Å². The van der Waals surface area contributed by atoms with Crippen molar-refractivity contribution >= 4 is 11.4 Å². The average Bonchev–Trinajstić information content (AvgIpc) is 2.73. The minimum absolute atomic E-state index is 0.212. The van der Waals surface area contributed by atoms with E-state index in [-0.39, 0.29) is 11.4 Å². The fourth-order valence-electron chi connectivity index (χ4n) is 1.50. The van der Waals surface area contributed by atoms with Crippen molar-refractivity contribution < 1.29 is 9.31 Å². The Labute approximate surface area is 102 Å². The minimum atomic E-state index is -0.654. The average molecular weight is 250 g/mol. The van der Waals surface area contributed by atoms with E-state index in [1.165, 1.54) is 12.1 Å². The number of hydrogen-bond donors (Lipinski definition) is 1. The predicted molar refractivity (Wildman–Crippen MR) is 63.6 cm³/mol. The van der Waals surface area contributed by atoms with Gasteiger partial charge in [0.2, 0.25) is 0 Å². The number of aryl methyl sites for hydroxylation is 1. The summed E-state index contributed by atoms with van der Waals surface area (Å²) < 4.78 is 15.3. The van der Waals surface area contributed by atoms with Crippen LogP contribution in [0, 0.1) is 15.9 Å². The van der Waals surface area contributed by atoms with Crippen LogP contribution in [0.3, 0.4) is 0 Å². The van der Waals surface area contributed by atoms with Crippen LogP contribution in [0.5, 0.6) is 0 Å². The monoisotopic (exact) mass is 250 g/mol. The van der Waals surface area contributed by atoms with Gasteiger partial charge in [0.1, 0.15) is 5.82 Å². The van der Waals surface area contributed by atoms with Gasteiger partial charge in [0, 0.05) is 25.5 Å². The molecule has 6 nitrogen and oxygen atoms in total. The van der Waals surface area contributed by atoms with E-state index in [0.717, 1.165) is 11.9 Å². The van der Waals surface area contributed by atoms with E-state index in [1.807, 2.05) is 7.05 Å². The summed E-state index contributed by atoms with van der Waals surface area (Å²) in [5.74, 6) is 0.0890. The van der Waals surface area contributed by atoms with Crippen molar-refractivity contribution in [3.8, 4) is 0 Å². The zero-order valence-corrected chi connectivity index (χ0v) is 9.63. The number of nitrogens with one attached hydrogen (secondary N) is 1. The maximum absolute atomic E-state index is 13.5. The summed E-state index contributed by atoms with van der Waals surface area (Å²) in [5.41, 5.74) is -0.0568. The number of aromatic nitrogens is 2. The quantitative estimate of drug-likeness (QED) is 0.666. The summed E-state index contributed by atoms with van der Waals surface area (Å²) in [5, 5.41) is 13.3. The Kier molecular flexibility index (Phi) is 3.22. The molecule has 0 saturated heterocycles. The fourth-order valence-corrected chi connectivity index (χ4v) is 1.50. The second kappa shape index (κ2) is 4.82. The van der Waals surface area contributed by atoms with Crippen LogP contribution in [0.15, 0.2) is 30.6 Å². The van der Waals surface area contributed by atoms with Crippen molar-refractivity contribution in [2.24, 2.45) is 7.05 Å². The van der Waals surface area contributed by atoms with Crippen LogP contribution >= 0.6 is 0 Å². The number of nitrogens with zero attached hydrogens (tertiary/aromatic N) is 3. The summed E-state index contributed by atoms with van der Waals surface area (Å²) in [6, 6.07) is 3.49. The third kappa shape index (κ3) is 2.45. The molecular weight excluding hydrogens is 239 g/mol. The van der Waals surface area contributed by atoms with Crippen LogP contribution < -0.4 is 5.32 Å². The first kappa shape index (κ1) is 12.0. The van der Waals surface area contributed by atoms with Crippen LogP contribution in [0.4, 0.5) is 15.8 Å². The van der Waals surface area contributed by atoms with Gasteiger partial charge in [-0.05, 0) is 6.07 Å². The second-order valence-electron chi connectivity index (χ2n) is 3.73. The summed E-state index contributed by atoms with van der Waals surface area (Å²) in [7, 11) is 1.83. The number of nitro groups is 1. The van der Waals surface area contributed by atoms with Crippen molar-refractivity contribution in [3.63, 3.8) is 0 Å². The summed E-state index contributed by atoms with van der Waals surface area (Å²) in [6.07, 6.45) is 3.42. The number of imidazole rings is 1. The molecule has 0 bridgehead atoms. The van der Waals surface area contributed by atoms with Gasteiger partial charge in [0.25, 0.3) is 5.69 Å². The molecule has 1 heterocycles. The Morgan fingerprint density at radius 2 is 2.33 bits per heavy atom. The van der Waals surface area contributed by atoms with Crippen molar-refractivity contribution in [2.45, 2.75) is 6.54 Å². The molecule has 94 valence electrons. The molecule has 1 N–H and O–H groups in total. The Balaban J connectivity index is 2.11.